The molecule has 30 heavy (non-hydrogen) atoms. The first-order valence-corrected chi connectivity index (χ1v) is 9.72. The Hall–Kier alpha value is -4.00. The molecule has 0 saturated heterocycles. The highest BCUT2D eigenvalue weighted by molar-refractivity contribution is 6.08. The minimum absolute atomic E-state index is 0.214. The molecule has 0 atom stereocenters. The molecular formula is C23H20N6O. The van der Waals surface area contributed by atoms with E-state index < -0.39 is 0 Å². The number of amides is 1. The second kappa shape index (κ2) is 7.11. The summed E-state index contributed by atoms with van der Waals surface area (Å²) in [7, 11) is 0. The van der Waals surface area contributed by atoms with E-state index in [-0.39, 0.29) is 5.91 Å². The van der Waals surface area contributed by atoms with Gasteiger partial charge in [-0.05, 0) is 50.2 Å². The largest absolute Gasteiger partial charge is 0.320 e. The van der Waals surface area contributed by atoms with Gasteiger partial charge >= 0.3 is 0 Å². The van der Waals surface area contributed by atoms with Crippen LogP contribution in [-0.4, -0.2) is 30.1 Å². The second-order valence-electron chi connectivity index (χ2n) is 7.24. The van der Waals surface area contributed by atoms with Gasteiger partial charge in [-0.1, -0.05) is 18.2 Å². The van der Waals surface area contributed by atoms with E-state index >= 15 is 0 Å². The molecule has 0 aliphatic carbocycles. The summed E-state index contributed by atoms with van der Waals surface area (Å²) in [5.74, 6) is -0.214. The summed E-state index contributed by atoms with van der Waals surface area (Å²) in [4.78, 5) is 21.8. The molecule has 1 N–H and O–H groups in total. The number of aryl methyl sites for hydroxylation is 2. The fourth-order valence-corrected chi connectivity index (χ4v) is 3.77. The van der Waals surface area contributed by atoms with E-state index in [1.54, 1.807) is 10.6 Å². The van der Waals surface area contributed by atoms with E-state index in [0.717, 1.165) is 39.3 Å². The fourth-order valence-electron chi connectivity index (χ4n) is 3.77. The summed E-state index contributed by atoms with van der Waals surface area (Å²) < 4.78 is 3.70. The maximum atomic E-state index is 13.0. The SMILES string of the molecule is Cc1cccc(Cn2nc(C)c3c(NC(=O)c4cnc5ccccn45)cccc32)n1. The van der Waals surface area contributed by atoms with Crippen LogP contribution >= 0.6 is 0 Å². The Kier molecular flexibility index (Phi) is 4.28. The van der Waals surface area contributed by atoms with Gasteiger partial charge in [-0.25, -0.2) is 4.98 Å². The van der Waals surface area contributed by atoms with Gasteiger partial charge in [0.1, 0.15) is 11.3 Å². The Labute approximate surface area is 173 Å². The van der Waals surface area contributed by atoms with Crippen LogP contribution in [-0.2, 0) is 6.54 Å². The van der Waals surface area contributed by atoms with E-state index in [1.807, 2.05) is 79.3 Å². The van der Waals surface area contributed by atoms with E-state index in [1.165, 1.54) is 0 Å². The molecule has 0 aliphatic rings. The zero-order valence-electron chi connectivity index (χ0n) is 16.7. The summed E-state index contributed by atoms with van der Waals surface area (Å²) in [6, 6.07) is 17.4. The molecule has 0 fully saturated rings. The monoisotopic (exact) mass is 396 g/mol. The molecule has 148 valence electrons. The molecule has 1 amide bonds. The summed E-state index contributed by atoms with van der Waals surface area (Å²) in [5, 5.41) is 8.66. The van der Waals surface area contributed by atoms with Gasteiger partial charge < -0.3 is 5.32 Å². The third kappa shape index (κ3) is 3.10. The van der Waals surface area contributed by atoms with Crippen molar-refractivity contribution < 1.29 is 4.79 Å². The molecule has 5 rings (SSSR count). The van der Waals surface area contributed by atoms with Crippen LogP contribution in [0.1, 0.15) is 27.6 Å². The molecule has 0 spiro atoms. The molecule has 4 aromatic heterocycles. The Balaban J connectivity index is 1.51. The molecule has 0 aliphatic heterocycles. The fraction of sp³-hybridized carbons (Fsp3) is 0.130. The lowest BCUT2D eigenvalue weighted by Gasteiger charge is -2.08. The normalized spacial score (nSPS) is 11.3. The zero-order valence-corrected chi connectivity index (χ0v) is 16.7. The Morgan fingerprint density at radius 1 is 1.03 bits per heavy atom. The summed E-state index contributed by atoms with van der Waals surface area (Å²) in [5.41, 5.74) is 5.66. The third-order valence-electron chi connectivity index (χ3n) is 5.11. The second-order valence-corrected chi connectivity index (χ2v) is 7.24. The standard InChI is InChI=1S/C23H20N6O/c1-15-7-5-8-17(25-15)14-29-19-10-6-9-18(22(19)16(2)27-29)26-23(30)20-13-24-21-11-3-4-12-28(20)21/h3-13H,14H2,1-2H3,(H,26,30). The van der Waals surface area contributed by atoms with Crippen molar-refractivity contribution in [2.45, 2.75) is 20.4 Å². The van der Waals surface area contributed by atoms with Gasteiger partial charge in [0, 0.05) is 17.3 Å². The number of nitrogens with zero attached hydrogens (tertiary/aromatic N) is 5. The van der Waals surface area contributed by atoms with Crippen molar-refractivity contribution in [1.82, 2.24) is 24.1 Å². The van der Waals surface area contributed by atoms with Crippen LogP contribution in [0, 0.1) is 13.8 Å². The molecule has 0 saturated carbocycles. The van der Waals surface area contributed by atoms with Gasteiger partial charge in [-0.15, -0.1) is 0 Å². The van der Waals surface area contributed by atoms with Crippen molar-refractivity contribution in [2.24, 2.45) is 0 Å². The molecule has 5 aromatic rings. The van der Waals surface area contributed by atoms with Crippen LogP contribution in [0.15, 0.2) is 67.0 Å². The van der Waals surface area contributed by atoms with Gasteiger partial charge in [0.15, 0.2) is 0 Å². The van der Waals surface area contributed by atoms with Crippen LogP contribution < -0.4 is 5.32 Å². The first kappa shape index (κ1) is 18.1. The number of fused-ring (bicyclic) bond motifs is 2. The highest BCUT2D eigenvalue weighted by Crippen LogP contribution is 2.27. The quantitative estimate of drug-likeness (QED) is 0.498. The smallest absolute Gasteiger partial charge is 0.274 e. The van der Waals surface area contributed by atoms with Gasteiger partial charge in [-0.3, -0.25) is 18.9 Å². The van der Waals surface area contributed by atoms with Crippen LogP contribution in [0.5, 0.6) is 0 Å². The molecule has 7 heteroatoms. The first-order chi connectivity index (χ1) is 14.6. The zero-order chi connectivity index (χ0) is 20.7. The maximum Gasteiger partial charge on any atom is 0.274 e. The van der Waals surface area contributed by atoms with E-state index in [2.05, 4.69) is 15.3 Å². The number of aromatic nitrogens is 5. The van der Waals surface area contributed by atoms with Crippen molar-refractivity contribution >= 4 is 28.1 Å². The Morgan fingerprint density at radius 3 is 2.77 bits per heavy atom. The maximum absolute atomic E-state index is 13.0. The summed E-state index contributed by atoms with van der Waals surface area (Å²) in [6.45, 7) is 4.49. The van der Waals surface area contributed by atoms with Crippen molar-refractivity contribution in [3.63, 3.8) is 0 Å². The van der Waals surface area contributed by atoms with E-state index in [4.69, 9.17) is 5.10 Å². The van der Waals surface area contributed by atoms with E-state index in [0.29, 0.717) is 12.2 Å². The lowest BCUT2D eigenvalue weighted by Crippen LogP contribution is -2.14. The number of hydrogen-bond donors (Lipinski definition) is 1. The summed E-state index contributed by atoms with van der Waals surface area (Å²) in [6.07, 6.45) is 3.42. The predicted molar refractivity (Wildman–Crippen MR) is 116 cm³/mol. The molecule has 0 bridgehead atoms. The Bertz CT molecular complexity index is 1400. The van der Waals surface area contributed by atoms with Crippen molar-refractivity contribution in [1.29, 1.82) is 0 Å². The first-order valence-electron chi connectivity index (χ1n) is 9.72. The number of hydrogen-bond acceptors (Lipinski definition) is 4. The van der Waals surface area contributed by atoms with Crippen molar-refractivity contribution in [2.75, 3.05) is 5.32 Å². The molecule has 1 aromatic carbocycles. The lowest BCUT2D eigenvalue weighted by molar-refractivity contribution is 0.102. The van der Waals surface area contributed by atoms with Gasteiger partial charge in [0.2, 0.25) is 0 Å². The minimum Gasteiger partial charge on any atom is -0.320 e. The lowest BCUT2D eigenvalue weighted by atomic mass is 10.1. The number of carbonyl (C=O) groups is 1. The predicted octanol–water partition coefficient (Wildman–Crippen LogP) is 4.00. The highest BCUT2D eigenvalue weighted by atomic mass is 16.1. The molecule has 0 unspecified atom stereocenters. The topological polar surface area (TPSA) is 77.1 Å². The average Bonchev–Trinajstić information content (AvgIpc) is 3.30. The van der Waals surface area contributed by atoms with Crippen LogP contribution in [0.3, 0.4) is 0 Å². The van der Waals surface area contributed by atoms with Crippen molar-refractivity contribution in [3.8, 4) is 0 Å². The molecular weight excluding hydrogens is 376 g/mol. The summed E-state index contributed by atoms with van der Waals surface area (Å²) >= 11 is 0. The van der Waals surface area contributed by atoms with Gasteiger partial charge in [-0.2, -0.15) is 5.10 Å². The number of imidazole rings is 1. The number of rotatable bonds is 4. The third-order valence-corrected chi connectivity index (χ3v) is 5.11. The number of benzene rings is 1. The minimum atomic E-state index is -0.214. The van der Waals surface area contributed by atoms with Crippen LogP contribution in [0.25, 0.3) is 16.6 Å². The van der Waals surface area contributed by atoms with E-state index in [9.17, 15) is 4.79 Å². The van der Waals surface area contributed by atoms with Gasteiger partial charge in [0.25, 0.3) is 5.91 Å². The number of anilines is 1. The number of pyridine rings is 2. The number of nitrogens with one attached hydrogen (secondary N) is 1. The molecule has 7 nitrogen and oxygen atoms in total. The van der Waals surface area contributed by atoms with Gasteiger partial charge in [0.05, 0.1) is 35.3 Å². The average molecular weight is 396 g/mol. The molecule has 0 radical (unpaired) electrons. The van der Waals surface area contributed by atoms with Crippen molar-refractivity contribution in [3.05, 3.63) is 89.8 Å². The number of carbonyl (C=O) groups excluding carboxylic acids is 1. The van der Waals surface area contributed by atoms with Crippen LogP contribution in [0.2, 0.25) is 0 Å². The van der Waals surface area contributed by atoms with Crippen LogP contribution in [0.4, 0.5) is 5.69 Å². The highest BCUT2D eigenvalue weighted by Gasteiger charge is 2.17. The molecule has 4 heterocycles. The Morgan fingerprint density at radius 2 is 1.90 bits per heavy atom.